The van der Waals surface area contributed by atoms with Crippen LogP contribution >= 0.6 is 0 Å². The van der Waals surface area contributed by atoms with E-state index in [-0.39, 0.29) is 5.70 Å². The van der Waals surface area contributed by atoms with Crippen LogP contribution in [0.25, 0.3) is 0 Å². The second kappa shape index (κ2) is 5.35. The van der Waals surface area contributed by atoms with Crippen molar-refractivity contribution in [3.8, 4) is 0 Å². The third kappa shape index (κ3) is 4.30. The Morgan fingerprint density at radius 2 is 2.08 bits per heavy atom. The first-order valence-corrected chi connectivity index (χ1v) is 4.29. The average Bonchev–Trinajstić information content (AvgIpc) is 2.03. The molecule has 0 aliphatic carbocycles. The van der Waals surface area contributed by atoms with Crippen molar-refractivity contribution in [2.45, 2.75) is 27.2 Å². The van der Waals surface area contributed by atoms with Crippen LogP contribution < -0.4 is 11.5 Å². The Morgan fingerprint density at radius 3 is 2.38 bits per heavy atom. The highest BCUT2D eigenvalue weighted by Crippen LogP contribution is 2.02. The summed E-state index contributed by atoms with van der Waals surface area (Å²) in [5.41, 5.74) is 11.0. The summed E-state index contributed by atoms with van der Waals surface area (Å²) in [6, 6.07) is 0. The molecule has 0 radical (unpaired) electrons. The topological polar surface area (TPSA) is 81.5 Å². The molecule has 13 heavy (non-hydrogen) atoms. The highest BCUT2D eigenvalue weighted by molar-refractivity contribution is 5.93. The molecule has 0 aromatic rings. The molecule has 0 aliphatic heterocycles. The van der Waals surface area contributed by atoms with E-state index < -0.39 is 5.91 Å². The van der Waals surface area contributed by atoms with Gasteiger partial charge in [-0.3, -0.25) is 9.79 Å². The minimum Gasteiger partial charge on any atom is -0.400 e. The Labute approximate surface area is 78.7 Å². The summed E-state index contributed by atoms with van der Waals surface area (Å²) in [6.45, 7) is 5.65. The lowest BCUT2D eigenvalue weighted by atomic mass is 10.1. The van der Waals surface area contributed by atoms with Crippen LogP contribution in [0, 0.1) is 5.92 Å². The van der Waals surface area contributed by atoms with E-state index in [2.05, 4.69) is 4.99 Å². The minimum absolute atomic E-state index is 0.153. The number of nitrogens with zero attached hydrogens (tertiary/aromatic N) is 1. The summed E-state index contributed by atoms with van der Waals surface area (Å²) in [7, 11) is 0. The van der Waals surface area contributed by atoms with Gasteiger partial charge < -0.3 is 11.5 Å². The number of primary amides is 1. The Kier molecular flexibility index (Phi) is 4.80. The largest absolute Gasteiger partial charge is 0.400 e. The lowest BCUT2D eigenvalue weighted by Gasteiger charge is -2.01. The molecular weight excluding hydrogens is 166 g/mol. The standard InChI is InChI=1S/C9H17N3O/c1-4-6(2)5-12-8(7(3)10)9(11)13/h5-6H,4,10H2,1-3H3,(H2,11,13)/b8-7+,12-5-. The van der Waals surface area contributed by atoms with Gasteiger partial charge in [0.2, 0.25) is 0 Å². The minimum atomic E-state index is -0.584. The van der Waals surface area contributed by atoms with E-state index in [9.17, 15) is 4.79 Å². The van der Waals surface area contributed by atoms with Gasteiger partial charge in [0.05, 0.1) is 0 Å². The molecule has 0 aliphatic rings. The summed E-state index contributed by atoms with van der Waals surface area (Å²) in [5.74, 6) is -0.256. The third-order valence-corrected chi connectivity index (χ3v) is 1.71. The third-order valence-electron chi connectivity index (χ3n) is 1.71. The highest BCUT2D eigenvalue weighted by Gasteiger charge is 2.05. The molecule has 1 atom stereocenters. The van der Waals surface area contributed by atoms with Gasteiger partial charge in [-0.2, -0.15) is 0 Å². The van der Waals surface area contributed by atoms with Gasteiger partial charge in [-0.15, -0.1) is 0 Å². The molecule has 0 saturated carbocycles. The fraction of sp³-hybridized carbons (Fsp3) is 0.556. The number of amides is 1. The van der Waals surface area contributed by atoms with E-state index in [1.165, 1.54) is 0 Å². The van der Waals surface area contributed by atoms with Crippen molar-refractivity contribution in [2.75, 3.05) is 0 Å². The van der Waals surface area contributed by atoms with Gasteiger partial charge in [0.15, 0.2) is 0 Å². The summed E-state index contributed by atoms with van der Waals surface area (Å²) in [5, 5.41) is 0. The van der Waals surface area contributed by atoms with E-state index in [4.69, 9.17) is 11.5 Å². The number of hydrogen-bond acceptors (Lipinski definition) is 3. The van der Waals surface area contributed by atoms with Crippen LogP contribution in [-0.2, 0) is 4.79 Å². The van der Waals surface area contributed by atoms with Crippen LogP contribution in [0.1, 0.15) is 27.2 Å². The molecule has 0 heterocycles. The first-order valence-electron chi connectivity index (χ1n) is 4.29. The van der Waals surface area contributed by atoms with E-state index in [0.29, 0.717) is 11.6 Å². The van der Waals surface area contributed by atoms with E-state index in [1.807, 2.05) is 13.8 Å². The molecule has 1 unspecified atom stereocenters. The number of carbonyl (C=O) groups excluding carboxylic acids is 1. The SMILES string of the molecule is CCC(C)/C=N\C(C(N)=O)=C(/C)N. The van der Waals surface area contributed by atoms with Crippen LogP contribution in [-0.4, -0.2) is 12.1 Å². The second-order valence-electron chi connectivity index (χ2n) is 3.06. The lowest BCUT2D eigenvalue weighted by molar-refractivity contribution is -0.114. The molecule has 0 rings (SSSR count). The van der Waals surface area contributed by atoms with Crippen molar-refractivity contribution < 1.29 is 4.79 Å². The number of rotatable bonds is 4. The maximum Gasteiger partial charge on any atom is 0.269 e. The van der Waals surface area contributed by atoms with Gasteiger partial charge in [-0.25, -0.2) is 0 Å². The summed E-state index contributed by atoms with van der Waals surface area (Å²) in [4.78, 5) is 14.8. The molecule has 0 spiro atoms. The Bertz CT molecular complexity index is 239. The smallest absolute Gasteiger partial charge is 0.269 e. The van der Waals surface area contributed by atoms with Crippen molar-refractivity contribution in [1.82, 2.24) is 0 Å². The normalized spacial score (nSPS) is 15.6. The number of aliphatic imine (C=N–C) groups is 1. The molecule has 0 aromatic heterocycles. The maximum absolute atomic E-state index is 10.8. The monoisotopic (exact) mass is 183 g/mol. The van der Waals surface area contributed by atoms with Gasteiger partial charge >= 0.3 is 0 Å². The van der Waals surface area contributed by atoms with Gasteiger partial charge in [-0.05, 0) is 19.3 Å². The zero-order valence-electron chi connectivity index (χ0n) is 8.37. The van der Waals surface area contributed by atoms with Crippen LogP contribution in [0.4, 0.5) is 0 Å². The average molecular weight is 183 g/mol. The lowest BCUT2D eigenvalue weighted by Crippen LogP contribution is -2.17. The van der Waals surface area contributed by atoms with Crippen LogP contribution in [0.15, 0.2) is 16.4 Å². The molecule has 0 fully saturated rings. The van der Waals surface area contributed by atoms with E-state index >= 15 is 0 Å². The Morgan fingerprint density at radius 1 is 1.54 bits per heavy atom. The van der Waals surface area contributed by atoms with Crippen molar-refractivity contribution in [2.24, 2.45) is 22.4 Å². The fourth-order valence-corrected chi connectivity index (χ4v) is 0.667. The van der Waals surface area contributed by atoms with Crippen molar-refractivity contribution in [1.29, 1.82) is 0 Å². The number of hydrogen-bond donors (Lipinski definition) is 2. The van der Waals surface area contributed by atoms with Crippen LogP contribution in [0.3, 0.4) is 0 Å². The number of allylic oxidation sites excluding steroid dienone is 1. The molecule has 4 heteroatoms. The van der Waals surface area contributed by atoms with Crippen LogP contribution in [0.2, 0.25) is 0 Å². The Balaban J connectivity index is 4.56. The molecule has 0 aromatic carbocycles. The van der Waals surface area contributed by atoms with Gasteiger partial charge in [-0.1, -0.05) is 13.8 Å². The molecule has 0 saturated heterocycles. The summed E-state index contributed by atoms with van der Waals surface area (Å²) in [6.07, 6.45) is 2.66. The zero-order valence-corrected chi connectivity index (χ0v) is 8.37. The molecule has 74 valence electrons. The second-order valence-corrected chi connectivity index (χ2v) is 3.06. The van der Waals surface area contributed by atoms with Crippen LogP contribution in [0.5, 0.6) is 0 Å². The predicted octanol–water partition coefficient (Wildman–Crippen LogP) is 0.779. The number of carbonyl (C=O) groups is 1. The molecule has 1 amide bonds. The van der Waals surface area contributed by atoms with Crippen molar-refractivity contribution >= 4 is 12.1 Å². The van der Waals surface area contributed by atoms with Gasteiger partial charge in [0.25, 0.3) is 5.91 Å². The molecule has 0 bridgehead atoms. The molecular formula is C9H17N3O. The fourth-order valence-electron chi connectivity index (χ4n) is 0.667. The zero-order chi connectivity index (χ0) is 10.4. The molecule has 4 nitrogen and oxygen atoms in total. The summed E-state index contributed by atoms with van der Waals surface area (Å²) < 4.78 is 0. The quantitative estimate of drug-likeness (QED) is 0.498. The van der Waals surface area contributed by atoms with Crippen molar-refractivity contribution in [3.05, 3.63) is 11.4 Å². The first kappa shape index (κ1) is 11.7. The highest BCUT2D eigenvalue weighted by atomic mass is 16.1. The van der Waals surface area contributed by atoms with E-state index in [1.54, 1.807) is 13.1 Å². The first-order chi connectivity index (χ1) is 5.99. The predicted molar refractivity (Wildman–Crippen MR) is 54.0 cm³/mol. The summed E-state index contributed by atoms with van der Waals surface area (Å²) >= 11 is 0. The Hall–Kier alpha value is -1.32. The maximum atomic E-state index is 10.8. The van der Waals surface area contributed by atoms with Gasteiger partial charge in [0, 0.05) is 11.9 Å². The molecule has 4 N–H and O–H groups in total. The van der Waals surface area contributed by atoms with Crippen molar-refractivity contribution in [3.63, 3.8) is 0 Å². The number of nitrogens with two attached hydrogens (primary N) is 2. The van der Waals surface area contributed by atoms with Gasteiger partial charge in [0.1, 0.15) is 5.70 Å². The van der Waals surface area contributed by atoms with E-state index in [0.717, 1.165) is 6.42 Å².